The molecule has 1 aromatic carbocycles. The van der Waals surface area contributed by atoms with Crippen LogP contribution in [0.15, 0.2) is 23.4 Å². The molecule has 0 radical (unpaired) electrons. The summed E-state index contributed by atoms with van der Waals surface area (Å²) in [5, 5.41) is 9.43. The summed E-state index contributed by atoms with van der Waals surface area (Å²) < 4.78 is 15.4. The van der Waals surface area contributed by atoms with Crippen LogP contribution in [0.4, 0.5) is 4.39 Å². The standard InChI is InChI=1S/C14H17FN2O2S/c1-8(2)9(3)17-12-6-10(15)4-5-11(12)16-14(17)20-7-13(18)19/h4-6,8-9H,7H2,1-3H3,(H,18,19). The molecule has 108 valence electrons. The summed E-state index contributed by atoms with van der Waals surface area (Å²) in [6, 6.07) is 4.55. The van der Waals surface area contributed by atoms with E-state index in [9.17, 15) is 9.18 Å². The first-order valence-electron chi connectivity index (χ1n) is 6.42. The fraction of sp³-hybridized carbons (Fsp3) is 0.429. The van der Waals surface area contributed by atoms with E-state index in [2.05, 4.69) is 18.8 Å². The maximum atomic E-state index is 13.5. The van der Waals surface area contributed by atoms with Crippen LogP contribution in [0, 0.1) is 11.7 Å². The van der Waals surface area contributed by atoms with Crippen molar-refractivity contribution in [2.45, 2.75) is 32.0 Å². The minimum atomic E-state index is -0.892. The summed E-state index contributed by atoms with van der Waals surface area (Å²) in [7, 11) is 0. The van der Waals surface area contributed by atoms with Crippen LogP contribution in [0.25, 0.3) is 11.0 Å². The second-order valence-corrected chi connectivity index (χ2v) is 6.01. The average molecular weight is 296 g/mol. The maximum Gasteiger partial charge on any atom is 0.313 e. The average Bonchev–Trinajstić information content (AvgIpc) is 2.72. The Kier molecular flexibility index (Phi) is 4.32. The zero-order valence-electron chi connectivity index (χ0n) is 11.6. The Morgan fingerprint density at radius 3 is 2.75 bits per heavy atom. The first kappa shape index (κ1) is 14.8. The number of thioether (sulfide) groups is 1. The normalized spacial score (nSPS) is 13.1. The van der Waals surface area contributed by atoms with Gasteiger partial charge in [0, 0.05) is 6.04 Å². The van der Waals surface area contributed by atoms with Crippen molar-refractivity contribution in [2.24, 2.45) is 5.92 Å². The lowest BCUT2D eigenvalue weighted by Gasteiger charge is -2.20. The molecule has 20 heavy (non-hydrogen) atoms. The molecule has 4 nitrogen and oxygen atoms in total. The van der Waals surface area contributed by atoms with E-state index < -0.39 is 5.97 Å². The molecular weight excluding hydrogens is 279 g/mol. The smallest absolute Gasteiger partial charge is 0.313 e. The van der Waals surface area contributed by atoms with Crippen molar-refractivity contribution in [1.82, 2.24) is 9.55 Å². The number of aromatic nitrogens is 2. The van der Waals surface area contributed by atoms with Gasteiger partial charge in [-0.1, -0.05) is 25.6 Å². The van der Waals surface area contributed by atoms with Gasteiger partial charge < -0.3 is 9.67 Å². The molecule has 1 heterocycles. The highest BCUT2D eigenvalue weighted by atomic mass is 32.2. The number of hydrogen-bond acceptors (Lipinski definition) is 3. The number of nitrogens with zero attached hydrogens (tertiary/aromatic N) is 2. The van der Waals surface area contributed by atoms with Crippen LogP contribution in [0.1, 0.15) is 26.8 Å². The zero-order valence-corrected chi connectivity index (χ0v) is 12.4. The molecule has 0 spiro atoms. The van der Waals surface area contributed by atoms with Crippen molar-refractivity contribution in [3.05, 3.63) is 24.0 Å². The second kappa shape index (κ2) is 5.83. The van der Waals surface area contributed by atoms with Crippen molar-refractivity contribution in [3.8, 4) is 0 Å². The number of imidazole rings is 1. The topological polar surface area (TPSA) is 55.1 Å². The number of carboxylic acids is 1. The summed E-state index contributed by atoms with van der Waals surface area (Å²) in [5.41, 5.74) is 1.39. The highest BCUT2D eigenvalue weighted by Crippen LogP contribution is 2.31. The first-order valence-corrected chi connectivity index (χ1v) is 7.40. The summed E-state index contributed by atoms with van der Waals surface area (Å²) in [6.45, 7) is 6.17. The van der Waals surface area contributed by atoms with Gasteiger partial charge in [0.1, 0.15) is 5.82 Å². The van der Waals surface area contributed by atoms with Gasteiger partial charge in [-0.05, 0) is 31.0 Å². The largest absolute Gasteiger partial charge is 0.481 e. The van der Waals surface area contributed by atoms with E-state index >= 15 is 0 Å². The van der Waals surface area contributed by atoms with E-state index in [4.69, 9.17) is 5.11 Å². The van der Waals surface area contributed by atoms with Crippen LogP contribution in [0.3, 0.4) is 0 Å². The minimum absolute atomic E-state index is 0.0589. The number of carbonyl (C=O) groups is 1. The number of halogens is 1. The van der Waals surface area contributed by atoms with Crippen molar-refractivity contribution in [3.63, 3.8) is 0 Å². The third-order valence-corrected chi connectivity index (χ3v) is 4.25. The van der Waals surface area contributed by atoms with E-state index in [0.717, 1.165) is 11.8 Å². The van der Waals surface area contributed by atoms with Crippen molar-refractivity contribution < 1.29 is 14.3 Å². The third-order valence-electron chi connectivity index (χ3n) is 3.32. The lowest BCUT2D eigenvalue weighted by Crippen LogP contribution is -2.13. The van der Waals surface area contributed by atoms with Crippen molar-refractivity contribution in [2.75, 3.05) is 5.75 Å². The lowest BCUT2D eigenvalue weighted by molar-refractivity contribution is -0.133. The number of carboxylic acid groups (broad SMARTS) is 1. The molecule has 1 N–H and O–H groups in total. The minimum Gasteiger partial charge on any atom is -0.481 e. The van der Waals surface area contributed by atoms with E-state index in [0.29, 0.717) is 22.1 Å². The van der Waals surface area contributed by atoms with Gasteiger partial charge in [-0.25, -0.2) is 9.37 Å². The van der Waals surface area contributed by atoms with Gasteiger partial charge in [0.15, 0.2) is 5.16 Å². The molecule has 6 heteroatoms. The Bertz CT molecular complexity index is 639. The molecule has 2 aromatic rings. The number of hydrogen-bond donors (Lipinski definition) is 1. The predicted octanol–water partition coefficient (Wildman–Crippen LogP) is 3.57. The molecule has 2 rings (SSSR count). The lowest BCUT2D eigenvalue weighted by atomic mass is 10.1. The van der Waals surface area contributed by atoms with Gasteiger partial charge in [-0.3, -0.25) is 4.79 Å². The highest BCUT2D eigenvalue weighted by molar-refractivity contribution is 7.99. The monoisotopic (exact) mass is 296 g/mol. The molecule has 0 aliphatic rings. The SMILES string of the molecule is CC(C)C(C)n1c(SCC(=O)O)nc2ccc(F)cc21. The first-order chi connectivity index (χ1) is 9.40. The molecule has 0 fully saturated rings. The number of aliphatic carboxylic acids is 1. The Labute approximate surface area is 121 Å². The zero-order chi connectivity index (χ0) is 14.9. The fourth-order valence-corrected chi connectivity index (χ4v) is 2.78. The highest BCUT2D eigenvalue weighted by Gasteiger charge is 2.19. The van der Waals surface area contributed by atoms with Crippen LogP contribution in [0.2, 0.25) is 0 Å². The molecule has 0 bridgehead atoms. The molecule has 0 aliphatic carbocycles. The van der Waals surface area contributed by atoms with Crippen LogP contribution in [-0.4, -0.2) is 26.4 Å². The van der Waals surface area contributed by atoms with Crippen LogP contribution < -0.4 is 0 Å². The van der Waals surface area contributed by atoms with E-state index in [1.807, 2.05) is 11.5 Å². The number of fused-ring (bicyclic) bond motifs is 1. The Hall–Kier alpha value is -1.56. The van der Waals surface area contributed by atoms with Crippen molar-refractivity contribution in [1.29, 1.82) is 0 Å². The molecule has 1 atom stereocenters. The van der Waals surface area contributed by atoms with Crippen LogP contribution in [0.5, 0.6) is 0 Å². The van der Waals surface area contributed by atoms with Gasteiger partial charge in [-0.2, -0.15) is 0 Å². The van der Waals surface area contributed by atoms with Crippen molar-refractivity contribution >= 4 is 28.8 Å². The molecule has 1 unspecified atom stereocenters. The fourth-order valence-electron chi connectivity index (χ4n) is 1.96. The summed E-state index contributed by atoms with van der Waals surface area (Å²) in [6.07, 6.45) is 0. The van der Waals surface area contributed by atoms with E-state index in [1.54, 1.807) is 6.07 Å². The van der Waals surface area contributed by atoms with E-state index in [-0.39, 0.29) is 17.6 Å². The van der Waals surface area contributed by atoms with Gasteiger partial charge in [0.2, 0.25) is 0 Å². The van der Waals surface area contributed by atoms with Crippen LogP contribution in [-0.2, 0) is 4.79 Å². The summed E-state index contributed by atoms with van der Waals surface area (Å²) >= 11 is 1.16. The number of rotatable bonds is 5. The molecule has 0 saturated carbocycles. The van der Waals surface area contributed by atoms with E-state index in [1.165, 1.54) is 12.1 Å². The van der Waals surface area contributed by atoms with Crippen LogP contribution >= 0.6 is 11.8 Å². The second-order valence-electron chi connectivity index (χ2n) is 5.06. The predicted molar refractivity (Wildman–Crippen MR) is 77.6 cm³/mol. The molecule has 0 amide bonds. The molecule has 0 aliphatic heterocycles. The van der Waals surface area contributed by atoms with Gasteiger partial charge >= 0.3 is 5.97 Å². The Morgan fingerprint density at radius 1 is 1.45 bits per heavy atom. The number of benzene rings is 1. The Morgan fingerprint density at radius 2 is 2.15 bits per heavy atom. The van der Waals surface area contributed by atoms with Gasteiger partial charge in [0.05, 0.1) is 16.8 Å². The maximum absolute atomic E-state index is 13.5. The molecule has 0 saturated heterocycles. The molecule has 1 aromatic heterocycles. The quantitative estimate of drug-likeness (QED) is 0.857. The van der Waals surface area contributed by atoms with Gasteiger partial charge in [-0.15, -0.1) is 0 Å². The Balaban J connectivity index is 2.54. The summed E-state index contributed by atoms with van der Waals surface area (Å²) in [4.78, 5) is 15.2. The van der Waals surface area contributed by atoms with Gasteiger partial charge in [0.25, 0.3) is 0 Å². The third kappa shape index (κ3) is 2.95. The molecular formula is C14H17FN2O2S. The summed E-state index contributed by atoms with van der Waals surface area (Å²) in [5.74, 6) is -0.933.